The van der Waals surface area contributed by atoms with Gasteiger partial charge in [-0.1, -0.05) is 19.6 Å². The molecule has 0 bridgehead atoms. The Morgan fingerprint density at radius 2 is 2.19 bits per heavy atom. The van der Waals surface area contributed by atoms with Crippen molar-refractivity contribution in [3.05, 3.63) is 40.9 Å². The van der Waals surface area contributed by atoms with Gasteiger partial charge in [-0.05, 0) is 24.8 Å². The Balaban J connectivity index is 2.46. The van der Waals surface area contributed by atoms with Gasteiger partial charge in [-0.2, -0.15) is 0 Å². The number of allylic oxidation sites excluding steroid dienone is 2. The Kier molecular flexibility index (Phi) is 4.95. The molecule has 0 amide bonds. The van der Waals surface area contributed by atoms with Crippen LogP contribution in [0.25, 0.3) is 4.91 Å². The molecule has 1 aromatic heterocycles. The molecule has 6 nitrogen and oxygen atoms in total. The second-order valence-electron chi connectivity index (χ2n) is 5.11. The third-order valence-electron chi connectivity index (χ3n) is 3.59. The highest BCUT2D eigenvalue weighted by Gasteiger charge is 2.29. The van der Waals surface area contributed by atoms with Crippen LogP contribution in [0.1, 0.15) is 25.5 Å². The number of aromatic nitrogens is 2. The fourth-order valence-electron chi connectivity index (χ4n) is 2.37. The molecule has 7 heteroatoms. The lowest BCUT2D eigenvalue weighted by Crippen LogP contribution is -2.34. The van der Waals surface area contributed by atoms with Crippen molar-refractivity contribution in [3.63, 3.8) is 0 Å². The monoisotopic (exact) mass is 306 g/mol. The highest BCUT2D eigenvalue weighted by molar-refractivity contribution is 7.90. The Morgan fingerprint density at radius 1 is 1.52 bits per heavy atom. The van der Waals surface area contributed by atoms with Crippen LogP contribution in [0, 0.1) is 16.0 Å². The minimum Gasteiger partial charge on any atom is -0.351 e. The minimum absolute atomic E-state index is 0.0878. The van der Waals surface area contributed by atoms with E-state index in [1.54, 1.807) is 6.08 Å². The van der Waals surface area contributed by atoms with E-state index in [0.29, 0.717) is 16.6 Å². The first-order valence-electron chi connectivity index (χ1n) is 6.81. The van der Waals surface area contributed by atoms with E-state index in [-0.39, 0.29) is 11.4 Å². The number of rotatable bonds is 4. The molecule has 0 aliphatic carbocycles. The van der Waals surface area contributed by atoms with Gasteiger partial charge >= 0.3 is 5.69 Å². The molecule has 1 aromatic rings. The largest absolute Gasteiger partial charge is 0.351 e. The molecular weight excluding hydrogens is 288 g/mol. The molecule has 1 fully saturated rings. The Labute approximate surface area is 129 Å². The van der Waals surface area contributed by atoms with Gasteiger partial charge in [0.05, 0.1) is 4.92 Å². The summed E-state index contributed by atoms with van der Waals surface area (Å²) in [5, 5.41) is 11.5. The summed E-state index contributed by atoms with van der Waals surface area (Å²) in [5.41, 5.74) is 0.141. The van der Waals surface area contributed by atoms with Gasteiger partial charge in [-0.3, -0.25) is 10.1 Å². The highest BCUT2D eigenvalue weighted by atomic mass is 32.1. The topological polar surface area (TPSA) is 72.2 Å². The number of nitro groups is 1. The van der Waals surface area contributed by atoms with Crippen LogP contribution in [0.4, 0.5) is 11.5 Å². The average Bonchev–Trinajstić information content (AvgIpc) is 2.47. The summed E-state index contributed by atoms with van der Waals surface area (Å²) in [7, 11) is 0. The summed E-state index contributed by atoms with van der Waals surface area (Å²) in [4.78, 5) is 21.6. The van der Waals surface area contributed by atoms with Gasteiger partial charge in [0.1, 0.15) is 6.33 Å². The SMILES string of the molecule is C=C/C=C(\S)c1ncnc(N2CCC(C)CC2)c1[N+](=O)[O-]. The van der Waals surface area contributed by atoms with E-state index >= 15 is 0 Å². The van der Waals surface area contributed by atoms with Gasteiger partial charge in [0, 0.05) is 18.0 Å². The molecule has 1 aliphatic rings. The molecule has 112 valence electrons. The zero-order valence-electron chi connectivity index (χ0n) is 11.9. The lowest BCUT2D eigenvalue weighted by molar-refractivity contribution is -0.384. The lowest BCUT2D eigenvalue weighted by Gasteiger charge is -2.30. The minimum atomic E-state index is -0.435. The molecule has 1 saturated heterocycles. The average molecular weight is 306 g/mol. The standard InChI is InChI=1S/C14H18N4O2S/c1-3-4-11(21)12-13(18(19)20)14(16-9-15-12)17-7-5-10(2)6-8-17/h3-4,9-10,21H,1,5-8H2,2H3/b11-4-. The van der Waals surface area contributed by atoms with E-state index in [1.807, 2.05) is 4.90 Å². The summed E-state index contributed by atoms with van der Waals surface area (Å²) in [6.45, 7) is 7.30. The summed E-state index contributed by atoms with van der Waals surface area (Å²) < 4.78 is 0. The number of hydrogen-bond donors (Lipinski definition) is 1. The van der Waals surface area contributed by atoms with Gasteiger partial charge in [-0.25, -0.2) is 9.97 Å². The quantitative estimate of drug-likeness (QED) is 0.400. The van der Waals surface area contributed by atoms with Crippen molar-refractivity contribution >= 4 is 29.0 Å². The first kappa shape index (κ1) is 15.5. The molecule has 0 aromatic carbocycles. The number of hydrogen-bond acceptors (Lipinski definition) is 6. The summed E-state index contributed by atoms with van der Waals surface area (Å²) in [6.07, 6.45) is 6.47. The third-order valence-corrected chi connectivity index (χ3v) is 3.95. The maximum atomic E-state index is 11.5. The van der Waals surface area contributed by atoms with E-state index < -0.39 is 4.92 Å². The van der Waals surface area contributed by atoms with Crippen molar-refractivity contribution in [2.24, 2.45) is 5.92 Å². The van der Waals surface area contributed by atoms with Gasteiger partial charge in [0.15, 0.2) is 5.69 Å². The molecule has 0 N–H and O–H groups in total. The number of anilines is 1. The maximum absolute atomic E-state index is 11.5. The first-order chi connectivity index (χ1) is 10.0. The van der Waals surface area contributed by atoms with Crippen molar-refractivity contribution in [2.75, 3.05) is 18.0 Å². The third kappa shape index (κ3) is 3.41. The fraction of sp³-hybridized carbons (Fsp3) is 0.429. The van der Waals surface area contributed by atoms with Crippen LogP contribution in [-0.2, 0) is 0 Å². The number of thiol groups is 1. The predicted octanol–water partition coefficient (Wildman–Crippen LogP) is 3.08. The van der Waals surface area contributed by atoms with E-state index in [9.17, 15) is 10.1 Å². The molecule has 0 unspecified atom stereocenters. The van der Waals surface area contributed by atoms with E-state index in [4.69, 9.17) is 0 Å². The second-order valence-corrected chi connectivity index (χ2v) is 5.59. The van der Waals surface area contributed by atoms with Gasteiger partial charge in [-0.15, -0.1) is 12.6 Å². The first-order valence-corrected chi connectivity index (χ1v) is 7.25. The van der Waals surface area contributed by atoms with Gasteiger partial charge < -0.3 is 4.90 Å². The number of piperidine rings is 1. The van der Waals surface area contributed by atoms with Crippen molar-refractivity contribution in [3.8, 4) is 0 Å². The summed E-state index contributed by atoms with van der Waals surface area (Å²) in [5.74, 6) is 1.02. The van der Waals surface area contributed by atoms with Gasteiger partial charge in [0.25, 0.3) is 0 Å². The molecule has 0 saturated carbocycles. The molecule has 2 rings (SSSR count). The fourth-order valence-corrected chi connectivity index (χ4v) is 2.64. The van der Waals surface area contributed by atoms with Crippen molar-refractivity contribution in [1.29, 1.82) is 0 Å². The van der Waals surface area contributed by atoms with Crippen LogP contribution in [-0.4, -0.2) is 28.0 Å². The van der Waals surface area contributed by atoms with Crippen molar-refractivity contribution < 1.29 is 4.92 Å². The van der Waals surface area contributed by atoms with Crippen LogP contribution in [0.5, 0.6) is 0 Å². The molecule has 21 heavy (non-hydrogen) atoms. The highest BCUT2D eigenvalue weighted by Crippen LogP contribution is 2.35. The zero-order chi connectivity index (χ0) is 15.4. The molecule has 0 radical (unpaired) electrons. The van der Waals surface area contributed by atoms with Gasteiger partial charge in [0.2, 0.25) is 5.82 Å². The van der Waals surface area contributed by atoms with E-state index in [1.165, 1.54) is 12.4 Å². The lowest BCUT2D eigenvalue weighted by atomic mass is 9.99. The van der Waals surface area contributed by atoms with Crippen molar-refractivity contribution in [1.82, 2.24) is 9.97 Å². The van der Waals surface area contributed by atoms with Crippen LogP contribution in [0.15, 0.2) is 25.1 Å². The smallest absolute Gasteiger partial charge is 0.338 e. The molecule has 0 spiro atoms. The Hall–Kier alpha value is -1.89. The summed E-state index contributed by atoms with van der Waals surface area (Å²) >= 11 is 4.27. The zero-order valence-corrected chi connectivity index (χ0v) is 12.8. The predicted molar refractivity (Wildman–Crippen MR) is 86.5 cm³/mol. The van der Waals surface area contributed by atoms with E-state index in [0.717, 1.165) is 25.9 Å². The van der Waals surface area contributed by atoms with Crippen LogP contribution >= 0.6 is 12.6 Å². The normalized spacial score (nSPS) is 16.9. The second kappa shape index (κ2) is 6.71. The molecule has 1 aliphatic heterocycles. The van der Waals surface area contributed by atoms with E-state index in [2.05, 4.69) is 36.1 Å². The summed E-state index contributed by atoms with van der Waals surface area (Å²) in [6, 6.07) is 0. The van der Waals surface area contributed by atoms with Crippen LogP contribution in [0.3, 0.4) is 0 Å². The molecular formula is C14H18N4O2S. The maximum Gasteiger partial charge on any atom is 0.338 e. The van der Waals surface area contributed by atoms with Crippen LogP contribution < -0.4 is 4.90 Å². The van der Waals surface area contributed by atoms with Crippen molar-refractivity contribution in [2.45, 2.75) is 19.8 Å². The Morgan fingerprint density at radius 3 is 2.76 bits per heavy atom. The number of nitrogens with zero attached hydrogens (tertiary/aromatic N) is 4. The Bertz CT molecular complexity index is 580. The molecule has 2 heterocycles. The molecule has 0 atom stereocenters. The van der Waals surface area contributed by atoms with Crippen LogP contribution in [0.2, 0.25) is 0 Å².